The number of likely N-dealkylation sites (N-methyl/N-ethyl adjacent to an activating group) is 2. The number of nitrogens with one attached hydrogen (secondary N) is 1. The normalized spacial score (nSPS) is 22.6. The highest BCUT2D eigenvalue weighted by Crippen LogP contribution is 2.29. The van der Waals surface area contributed by atoms with E-state index >= 15 is 0 Å². The molecule has 0 aromatic carbocycles. The van der Waals surface area contributed by atoms with Gasteiger partial charge in [0.15, 0.2) is 0 Å². The minimum atomic E-state index is 0.452. The molecule has 2 rings (SSSR count). The molecule has 19 heavy (non-hydrogen) atoms. The second kappa shape index (κ2) is 6.79. The quantitative estimate of drug-likeness (QED) is 0.911. The van der Waals surface area contributed by atoms with E-state index in [0.717, 1.165) is 26.1 Å². The molecule has 1 atom stereocenters. The van der Waals surface area contributed by atoms with E-state index in [-0.39, 0.29) is 0 Å². The second-order valence-electron chi connectivity index (χ2n) is 5.42. The summed E-state index contributed by atoms with van der Waals surface area (Å²) in [4.78, 5) is 11.2. The van der Waals surface area contributed by atoms with Crippen molar-refractivity contribution in [3.05, 3.63) is 15.6 Å². The van der Waals surface area contributed by atoms with E-state index in [1.807, 2.05) is 18.4 Å². The molecule has 1 aliphatic rings. The van der Waals surface area contributed by atoms with Gasteiger partial charge in [-0.1, -0.05) is 6.92 Å². The third-order valence-electron chi connectivity index (χ3n) is 3.82. The highest BCUT2D eigenvalue weighted by Gasteiger charge is 2.25. The molecule has 108 valence electrons. The summed E-state index contributed by atoms with van der Waals surface area (Å²) >= 11 is 1.89. The summed E-state index contributed by atoms with van der Waals surface area (Å²) in [6, 6.07) is 0.452. The van der Waals surface area contributed by atoms with Crippen LogP contribution in [-0.2, 0) is 13.0 Å². The predicted octanol–water partition coefficient (Wildman–Crippen LogP) is 1.73. The van der Waals surface area contributed by atoms with Crippen molar-refractivity contribution < 1.29 is 0 Å². The topological polar surface area (TPSA) is 31.4 Å². The first-order chi connectivity index (χ1) is 9.15. The molecular weight excluding hydrogens is 256 g/mol. The van der Waals surface area contributed by atoms with Crippen LogP contribution in [0.5, 0.6) is 0 Å². The number of nitrogens with zero attached hydrogens (tertiary/aromatic N) is 3. The molecule has 0 bridgehead atoms. The van der Waals surface area contributed by atoms with Gasteiger partial charge in [0.2, 0.25) is 0 Å². The van der Waals surface area contributed by atoms with Crippen LogP contribution in [0.2, 0.25) is 0 Å². The second-order valence-corrected chi connectivity index (χ2v) is 6.53. The summed E-state index contributed by atoms with van der Waals surface area (Å²) in [5.74, 6) is 0. The fraction of sp³-hybridized carbons (Fsp3) is 0.786. The van der Waals surface area contributed by atoms with Gasteiger partial charge < -0.3 is 10.2 Å². The van der Waals surface area contributed by atoms with Crippen molar-refractivity contribution >= 4 is 11.3 Å². The molecule has 4 nitrogen and oxygen atoms in total. The maximum absolute atomic E-state index is 4.91. The Kier molecular flexibility index (Phi) is 5.33. The van der Waals surface area contributed by atoms with Crippen LogP contribution in [0.25, 0.3) is 0 Å². The van der Waals surface area contributed by atoms with E-state index in [2.05, 4.69) is 36.1 Å². The molecule has 0 amide bonds. The fourth-order valence-corrected chi connectivity index (χ4v) is 3.98. The van der Waals surface area contributed by atoms with E-state index in [1.54, 1.807) is 0 Å². The maximum atomic E-state index is 4.91. The van der Waals surface area contributed by atoms with Gasteiger partial charge in [-0.05, 0) is 47.1 Å². The lowest BCUT2D eigenvalue weighted by Crippen LogP contribution is -2.30. The Balaban J connectivity index is 2.23. The molecule has 1 aromatic heterocycles. The summed E-state index contributed by atoms with van der Waals surface area (Å²) in [5, 5.41) is 4.54. The van der Waals surface area contributed by atoms with E-state index in [1.165, 1.54) is 28.5 Å². The molecule has 0 spiro atoms. The zero-order valence-corrected chi connectivity index (χ0v) is 13.4. The minimum Gasteiger partial charge on any atom is -0.315 e. The molecule has 0 saturated carbocycles. The Morgan fingerprint density at radius 2 is 2.16 bits per heavy atom. The highest BCUT2D eigenvalue weighted by atomic mass is 32.1. The molecule has 1 saturated heterocycles. The lowest BCUT2D eigenvalue weighted by molar-refractivity contribution is 0.228. The Morgan fingerprint density at radius 1 is 1.37 bits per heavy atom. The third-order valence-corrected chi connectivity index (χ3v) is 5.02. The largest absolute Gasteiger partial charge is 0.315 e. The van der Waals surface area contributed by atoms with Crippen molar-refractivity contribution in [2.75, 3.05) is 40.8 Å². The summed E-state index contributed by atoms with van der Waals surface area (Å²) in [7, 11) is 6.45. The van der Waals surface area contributed by atoms with Crippen LogP contribution < -0.4 is 5.32 Å². The molecule has 5 heteroatoms. The summed E-state index contributed by atoms with van der Waals surface area (Å²) < 4.78 is 0. The molecule has 1 N–H and O–H groups in total. The number of rotatable bonds is 4. The van der Waals surface area contributed by atoms with Crippen molar-refractivity contribution in [2.45, 2.75) is 32.4 Å². The van der Waals surface area contributed by atoms with E-state index in [4.69, 9.17) is 4.98 Å². The zero-order valence-electron chi connectivity index (χ0n) is 12.6. The Bertz CT molecular complexity index is 404. The van der Waals surface area contributed by atoms with E-state index < -0.39 is 0 Å². The van der Waals surface area contributed by atoms with Crippen LogP contribution in [-0.4, -0.2) is 55.6 Å². The average molecular weight is 282 g/mol. The van der Waals surface area contributed by atoms with Crippen LogP contribution in [0.15, 0.2) is 0 Å². The monoisotopic (exact) mass is 282 g/mol. The van der Waals surface area contributed by atoms with Crippen molar-refractivity contribution in [3.63, 3.8) is 0 Å². The van der Waals surface area contributed by atoms with Gasteiger partial charge in [0.1, 0.15) is 5.01 Å². The van der Waals surface area contributed by atoms with Gasteiger partial charge in [0.25, 0.3) is 0 Å². The Hall–Kier alpha value is -0.490. The van der Waals surface area contributed by atoms with Crippen LogP contribution in [0, 0.1) is 0 Å². The van der Waals surface area contributed by atoms with Gasteiger partial charge in [-0.2, -0.15) is 0 Å². The van der Waals surface area contributed by atoms with Gasteiger partial charge in [-0.3, -0.25) is 4.90 Å². The number of aromatic nitrogens is 1. The highest BCUT2D eigenvalue weighted by molar-refractivity contribution is 7.11. The van der Waals surface area contributed by atoms with Crippen LogP contribution in [0.3, 0.4) is 0 Å². The SMILES string of the molecule is CCc1nc(C2CN(C)CCCN2C)sc1CNC. The minimum absolute atomic E-state index is 0.452. The number of thiazole rings is 1. The number of hydrogen-bond acceptors (Lipinski definition) is 5. The van der Waals surface area contributed by atoms with Crippen LogP contribution >= 0.6 is 11.3 Å². The first-order valence-corrected chi connectivity index (χ1v) is 7.99. The first kappa shape index (κ1) is 14.9. The molecule has 1 aromatic rings. The molecule has 1 unspecified atom stereocenters. The van der Waals surface area contributed by atoms with Crippen molar-refractivity contribution in [3.8, 4) is 0 Å². The number of aryl methyl sites for hydroxylation is 1. The van der Waals surface area contributed by atoms with Gasteiger partial charge in [0.05, 0.1) is 11.7 Å². The zero-order chi connectivity index (χ0) is 13.8. The third kappa shape index (κ3) is 3.54. The van der Waals surface area contributed by atoms with E-state index in [9.17, 15) is 0 Å². The lowest BCUT2D eigenvalue weighted by atomic mass is 10.2. The molecule has 1 aliphatic heterocycles. The van der Waals surface area contributed by atoms with Crippen molar-refractivity contribution in [1.29, 1.82) is 0 Å². The fourth-order valence-electron chi connectivity index (χ4n) is 2.66. The van der Waals surface area contributed by atoms with Gasteiger partial charge in [-0.15, -0.1) is 11.3 Å². The lowest BCUT2D eigenvalue weighted by Gasteiger charge is -2.25. The standard InChI is InChI=1S/C14H26N4S/c1-5-11-13(9-15-2)19-14(16-11)12-10-17(3)7-6-8-18(12)4/h12,15H,5-10H2,1-4H3. The molecular formula is C14H26N4S. The summed E-state index contributed by atoms with van der Waals surface area (Å²) in [5.41, 5.74) is 1.27. The van der Waals surface area contributed by atoms with E-state index in [0.29, 0.717) is 6.04 Å². The molecule has 0 aliphatic carbocycles. The summed E-state index contributed by atoms with van der Waals surface area (Å²) in [6.07, 6.45) is 2.28. The molecule has 2 heterocycles. The maximum Gasteiger partial charge on any atom is 0.112 e. The first-order valence-electron chi connectivity index (χ1n) is 7.17. The Labute approximate surface area is 120 Å². The van der Waals surface area contributed by atoms with Gasteiger partial charge >= 0.3 is 0 Å². The van der Waals surface area contributed by atoms with Crippen molar-refractivity contribution in [1.82, 2.24) is 20.1 Å². The number of hydrogen-bond donors (Lipinski definition) is 1. The molecule has 0 radical (unpaired) electrons. The van der Waals surface area contributed by atoms with Crippen LogP contribution in [0.4, 0.5) is 0 Å². The van der Waals surface area contributed by atoms with Crippen molar-refractivity contribution in [2.24, 2.45) is 0 Å². The van der Waals surface area contributed by atoms with Crippen LogP contribution in [0.1, 0.15) is 35.0 Å². The predicted molar refractivity (Wildman–Crippen MR) is 81.7 cm³/mol. The van der Waals surface area contributed by atoms with Gasteiger partial charge in [-0.25, -0.2) is 4.98 Å². The average Bonchev–Trinajstić information content (AvgIpc) is 2.71. The van der Waals surface area contributed by atoms with Gasteiger partial charge in [0, 0.05) is 18.0 Å². The molecule has 1 fully saturated rings. The smallest absolute Gasteiger partial charge is 0.112 e. The Morgan fingerprint density at radius 3 is 2.84 bits per heavy atom. The summed E-state index contributed by atoms with van der Waals surface area (Å²) in [6.45, 7) is 6.58.